The monoisotopic (exact) mass is 538 g/mol. The summed E-state index contributed by atoms with van der Waals surface area (Å²) in [6, 6.07) is 11.1. The van der Waals surface area contributed by atoms with Gasteiger partial charge in [0.05, 0.1) is 42.0 Å². The average Bonchev–Trinajstić information content (AvgIpc) is 3.25. The number of aromatic nitrogens is 3. The maximum absolute atomic E-state index is 12.3. The van der Waals surface area contributed by atoms with Gasteiger partial charge in [-0.2, -0.15) is 0 Å². The van der Waals surface area contributed by atoms with Gasteiger partial charge in [-0.1, -0.05) is 36.6 Å². The van der Waals surface area contributed by atoms with Crippen LogP contribution in [0.2, 0.25) is 0 Å². The standard InChI is InChI=1S/C30H30N6O4/c1-7-26(37)32-22-16-23(25(40-6)15-19(22)11-10-14-35(3)4)33-30-31-18(2)27(29(38)39)28(34-30)21-17-36(5)24-13-9-8-12-20(21)24/h7-9,12-13,15-17H,1,14H2,2-6H3,(H,32,37)(H,38,39)(H,31,33,34). The van der Waals surface area contributed by atoms with Gasteiger partial charge in [0.25, 0.3) is 0 Å². The number of amides is 1. The van der Waals surface area contributed by atoms with E-state index in [-0.39, 0.29) is 17.2 Å². The molecule has 0 saturated heterocycles. The molecule has 0 fully saturated rings. The molecular formula is C30H30N6O4. The third-order valence-electron chi connectivity index (χ3n) is 6.10. The van der Waals surface area contributed by atoms with Crippen LogP contribution in [0.4, 0.5) is 17.3 Å². The summed E-state index contributed by atoms with van der Waals surface area (Å²) in [4.78, 5) is 35.5. The summed E-state index contributed by atoms with van der Waals surface area (Å²) in [5.41, 5.74) is 3.63. The number of rotatable bonds is 8. The van der Waals surface area contributed by atoms with Gasteiger partial charge < -0.3 is 25.0 Å². The first-order chi connectivity index (χ1) is 19.1. The van der Waals surface area contributed by atoms with E-state index in [2.05, 4.69) is 39.0 Å². The number of para-hydroxylation sites is 1. The number of carbonyl (C=O) groups is 2. The van der Waals surface area contributed by atoms with Gasteiger partial charge in [-0.3, -0.25) is 9.69 Å². The Hall–Kier alpha value is -5.14. The quantitative estimate of drug-likeness (QED) is 0.223. The van der Waals surface area contributed by atoms with E-state index in [4.69, 9.17) is 4.74 Å². The minimum absolute atomic E-state index is 0.0133. The number of nitrogens with zero attached hydrogens (tertiary/aromatic N) is 4. The largest absolute Gasteiger partial charge is 0.495 e. The maximum atomic E-state index is 12.3. The van der Waals surface area contributed by atoms with E-state index in [1.807, 2.05) is 61.1 Å². The summed E-state index contributed by atoms with van der Waals surface area (Å²) >= 11 is 0. The Morgan fingerprint density at radius 2 is 1.95 bits per heavy atom. The van der Waals surface area contributed by atoms with Crippen LogP contribution in [0.5, 0.6) is 5.75 Å². The van der Waals surface area contributed by atoms with Crippen LogP contribution in [0, 0.1) is 18.8 Å². The van der Waals surface area contributed by atoms with Gasteiger partial charge in [-0.05, 0) is 39.2 Å². The summed E-state index contributed by atoms with van der Waals surface area (Å²) in [7, 11) is 7.23. The first-order valence-corrected chi connectivity index (χ1v) is 12.3. The van der Waals surface area contributed by atoms with Crippen molar-refractivity contribution in [3.8, 4) is 28.8 Å². The van der Waals surface area contributed by atoms with Gasteiger partial charge in [0.1, 0.15) is 11.3 Å². The van der Waals surface area contributed by atoms with Gasteiger partial charge >= 0.3 is 5.97 Å². The number of aryl methyl sites for hydroxylation is 2. The highest BCUT2D eigenvalue weighted by Gasteiger charge is 2.23. The van der Waals surface area contributed by atoms with Crippen molar-refractivity contribution in [1.82, 2.24) is 19.4 Å². The second-order valence-corrected chi connectivity index (χ2v) is 9.29. The molecule has 0 unspecified atom stereocenters. The first-order valence-electron chi connectivity index (χ1n) is 12.3. The zero-order chi connectivity index (χ0) is 29.0. The molecule has 2 aromatic heterocycles. The predicted molar refractivity (Wildman–Crippen MR) is 156 cm³/mol. The topological polar surface area (TPSA) is 122 Å². The summed E-state index contributed by atoms with van der Waals surface area (Å²) in [5.74, 6) is 5.20. The Labute approximate surface area is 232 Å². The smallest absolute Gasteiger partial charge is 0.339 e. The molecule has 0 bridgehead atoms. The number of benzene rings is 2. The summed E-state index contributed by atoms with van der Waals surface area (Å²) in [6.07, 6.45) is 3.02. The van der Waals surface area contributed by atoms with E-state index in [0.717, 1.165) is 10.9 Å². The third-order valence-corrected chi connectivity index (χ3v) is 6.10. The molecule has 4 aromatic rings. The molecule has 40 heavy (non-hydrogen) atoms. The Morgan fingerprint density at radius 1 is 1.20 bits per heavy atom. The Kier molecular flexibility index (Phi) is 8.17. The van der Waals surface area contributed by atoms with Crippen molar-refractivity contribution in [2.45, 2.75) is 6.92 Å². The van der Waals surface area contributed by atoms with Crippen LogP contribution in [0.3, 0.4) is 0 Å². The number of ether oxygens (including phenoxy) is 1. The molecule has 0 aliphatic rings. The summed E-state index contributed by atoms with van der Waals surface area (Å²) in [6.45, 7) is 5.68. The van der Waals surface area contributed by atoms with Crippen molar-refractivity contribution in [2.24, 2.45) is 7.05 Å². The third kappa shape index (κ3) is 5.80. The number of methoxy groups -OCH3 is 1. The maximum Gasteiger partial charge on any atom is 0.339 e. The van der Waals surface area contributed by atoms with Gasteiger partial charge in [0, 0.05) is 35.8 Å². The van der Waals surface area contributed by atoms with Gasteiger partial charge in [0.15, 0.2) is 0 Å². The molecule has 204 valence electrons. The Morgan fingerprint density at radius 3 is 2.62 bits per heavy atom. The van der Waals surface area contributed by atoms with Crippen molar-refractivity contribution >= 4 is 40.1 Å². The molecule has 3 N–H and O–H groups in total. The molecule has 0 spiro atoms. The lowest BCUT2D eigenvalue weighted by Gasteiger charge is -2.16. The van der Waals surface area contributed by atoms with Crippen LogP contribution < -0.4 is 15.4 Å². The number of carboxylic acids is 1. The van der Waals surface area contributed by atoms with Gasteiger partial charge in [0.2, 0.25) is 11.9 Å². The average molecular weight is 539 g/mol. The first kappa shape index (κ1) is 27.9. The fourth-order valence-electron chi connectivity index (χ4n) is 4.26. The second kappa shape index (κ2) is 11.7. The number of carbonyl (C=O) groups excluding carboxylic acids is 1. The number of fused-ring (bicyclic) bond motifs is 1. The van der Waals surface area contributed by atoms with Crippen LogP contribution in [0.15, 0.2) is 55.3 Å². The van der Waals surface area contributed by atoms with Crippen LogP contribution >= 0.6 is 0 Å². The number of hydrogen-bond acceptors (Lipinski definition) is 7. The molecule has 0 atom stereocenters. The zero-order valence-corrected chi connectivity index (χ0v) is 23.0. The molecular weight excluding hydrogens is 508 g/mol. The predicted octanol–water partition coefficient (Wildman–Crippen LogP) is 4.43. The molecule has 2 aromatic carbocycles. The lowest BCUT2D eigenvalue weighted by atomic mass is 10.0. The fraction of sp³-hybridized carbons (Fsp3) is 0.200. The highest BCUT2D eigenvalue weighted by atomic mass is 16.5. The van der Waals surface area contributed by atoms with E-state index < -0.39 is 11.9 Å². The number of anilines is 3. The van der Waals surface area contributed by atoms with E-state index in [0.29, 0.717) is 40.5 Å². The van der Waals surface area contributed by atoms with E-state index in [1.54, 1.807) is 19.1 Å². The van der Waals surface area contributed by atoms with Crippen molar-refractivity contribution in [3.63, 3.8) is 0 Å². The molecule has 0 aliphatic carbocycles. The van der Waals surface area contributed by atoms with Crippen molar-refractivity contribution in [1.29, 1.82) is 0 Å². The van der Waals surface area contributed by atoms with Crippen LogP contribution in [-0.2, 0) is 11.8 Å². The Balaban J connectivity index is 1.85. The SMILES string of the molecule is C=CC(=O)Nc1cc(Nc2nc(C)c(C(=O)O)c(-c3cn(C)c4ccccc34)n2)c(OC)cc1C#CCN(C)C. The van der Waals surface area contributed by atoms with E-state index >= 15 is 0 Å². The minimum atomic E-state index is -1.13. The number of carboxylic acid groups (broad SMARTS) is 1. The molecule has 2 heterocycles. The number of hydrogen-bond donors (Lipinski definition) is 3. The molecule has 10 heteroatoms. The molecule has 10 nitrogen and oxygen atoms in total. The van der Waals surface area contributed by atoms with Crippen LogP contribution in [0.25, 0.3) is 22.2 Å². The lowest BCUT2D eigenvalue weighted by Crippen LogP contribution is -2.12. The number of nitrogens with one attached hydrogen (secondary N) is 2. The second-order valence-electron chi connectivity index (χ2n) is 9.29. The normalized spacial score (nSPS) is 10.7. The summed E-state index contributed by atoms with van der Waals surface area (Å²) < 4.78 is 7.54. The molecule has 4 rings (SSSR count). The molecule has 0 saturated carbocycles. The summed E-state index contributed by atoms with van der Waals surface area (Å²) in [5, 5.41) is 16.8. The highest BCUT2D eigenvalue weighted by Crippen LogP contribution is 2.36. The molecule has 0 aliphatic heterocycles. The lowest BCUT2D eigenvalue weighted by molar-refractivity contribution is -0.111. The van der Waals surface area contributed by atoms with Gasteiger partial charge in [-0.25, -0.2) is 14.8 Å². The van der Waals surface area contributed by atoms with Crippen LogP contribution in [0.1, 0.15) is 21.6 Å². The van der Waals surface area contributed by atoms with Crippen molar-refractivity contribution in [3.05, 3.63) is 72.1 Å². The van der Waals surface area contributed by atoms with Crippen molar-refractivity contribution in [2.75, 3.05) is 38.4 Å². The van der Waals surface area contributed by atoms with E-state index in [1.165, 1.54) is 13.2 Å². The molecule has 1 amide bonds. The van der Waals surface area contributed by atoms with Crippen molar-refractivity contribution < 1.29 is 19.4 Å². The number of aromatic carboxylic acids is 1. The highest BCUT2D eigenvalue weighted by molar-refractivity contribution is 6.03. The fourth-order valence-corrected chi connectivity index (χ4v) is 4.26. The van der Waals surface area contributed by atoms with Crippen LogP contribution in [-0.4, -0.2) is 64.2 Å². The molecule has 0 radical (unpaired) electrons. The van der Waals surface area contributed by atoms with Gasteiger partial charge in [-0.15, -0.1) is 0 Å². The Bertz CT molecular complexity index is 1690. The zero-order valence-electron chi connectivity index (χ0n) is 23.0. The van der Waals surface area contributed by atoms with E-state index in [9.17, 15) is 14.7 Å². The minimum Gasteiger partial charge on any atom is -0.495 e.